The van der Waals surface area contributed by atoms with Gasteiger partial charge in [-0.3, -0.25) is 0 Å². The van der Waals surface area contributed by atoms with Crippen molar-refractivity contribution in [1.29, 1.82) is 0 Å². The van der Waals surface area contributed by atoms with Crippen molar-refractivity contribution in [2.75, 3.05) is 0 Å². The highest BCUT2D eigenvalue weighted by Crippen LogP contribution is 2.12. The molecule has 0 radical (unpaired) electrons. The van der Waals surface area contributed by atoms with Gasteiger partial charge < -0.3 is 9.73 Å². The van der Waals surface area contributed by atoms with Crippen molar-refractivity contribution in [1.82, 2.24) is 25.1 Å². The van der Waals surface area contributed by atoms with Crippen LogP contribution in [0.15, 0.2) is 10.7 Å². The largest absolute Gasteiger partial charge is 0.430 e. The Bertz CT molecular complexity index is 564. The molecule has 0 amide bonds. The van der Waals surface area contributed by atoms with Gasteiger partial charge in [0.25, 0.3) is 0 Å². The Morgan fingerprint density at radius 2 is 1.95 bits per heavy atom. The zero-order chi connectivity index (χ0) is 14.8. The molecule has 0 spiro atoms. The smallest absolute Gasteiger partial charge is 0.324 e. The molecule has 0 saturated heterocycles. The lowest BCUT2D eigenvalue weighted by Crippen LogP contribution is -2.35. The molecule has 0 unspecified atom stereocenters. The first-order chi connectivity index (χ1) is 9.43. The average molecular weight is 277 g/mol. The minimum absolute atomic E-state index is 0.0519. The molecule has 0 aromatic carbocycles. The Labute approximate surface area is 119 Å². The molecule has 0 bridgehead atoms. The molecule has 2 heterocycles. The van der Waals surface area contributed by atoms with Gasteiger partial charge in [0.1, 0.15) is 12.1 Å². The zero-order valence-electron chi connectivity index (χ0n) is 12.9. The van der Waals surface area contributed by atoms with Crippen LogP contribution in [0.5, 0.6) is 0 Å². The minimum atomic E-state index is 0.0519. The zero-order valence-corrected chi connectivity index (χ0v) is 12.9. The van der Waals surface area contributed by atoms with Crippen molar-refractivity contribution >= 4 is 0 Å². The van der Waals surface area contributed by atoms with E-state index in [9.17, 15) is 0 Å². The molecule has 0 aliphatic heterocycles. The lowest BCUT2D eigenvalue weighted by atomic mass is 10.1. The number of nitrogens with zero attached hydrogens (tertiary/aromatic N) is 4. The maximum Gasteiger partial charge on any atom is 0.324 e. The summed E-state index contributed by atoms with van der Waals surface area (Å²) in [6.45, 7) is 11.1. The van der Waals surface area contributed by atoms with Gasteiger partial charge in [0.15, 0.2) is 5.82 Å². The first kappa shape index (κ1) is 14.7. The van der Waals surface area contributed by atoms with Gasteiger partial charge in [0, 0.05) is 24.9 Å². The Morgan fingerprint density at radius 1 is 1.20 bits per heavy atom. The van der Waals surface area contributed by atoms with Crippen LogP contribution in [-0.2, 0) is 19.4 Å². The van der Waals surface area contributed by atoms with E-state index in [1.807, 2.05) is 13.8 Å². The van der Waals surface area contributed by atoms with Crippen molar-refractivity contribution in [3.63, 3.8) is 0 Å². The van der Waals surface area contributed by atoms with Crippen LogP contribution in [0.2, 0.25) is 0 Å². The number of rotatable bonds is 5. The summed E-state index contributed by atoms with van der Waals surface area (Å²) in [5.74, 6) is 1.69. The second-order valence-electron chi connectivity index (χ2n) is 5.79. The fraction of sp³-hybridized carbons (Fsp3) is 0.643. The Morgan fingerprint density at radius 3 is 2.55 bits per heavy atom. The summed E-state index contributed by atoms with van der Waals surface area (Å²) in [5.41, 5.74) is 0.918. The van der Waals surface area contributed by atoms with Crippen molar-refractivity contribution in [2.45, 2.75) is 59.5 Å². The van der Waals surface area contributed by atoms with Crippen LogP contribution in [-0.4, -0.2) is 25.3 Å². The second kappa shape index (κ2) is 5.75. The van der Waals surface area contributed by atoms with E-state index >= 15 is 0 Å². The van der Waals surface area contributed by atoms with Gasteiger partial charge in [-0.25, -0.2) is 4.98 Å². The van der Waals surface area contributed by atoms with Crippen LogP contribution >= 0.6 is 0 Å². The topological polar surface area (TPSA) is 68.8 Å². The molecule has 2 aromatic heterocycles. The van der Waals surface area contributed by atoms with Crippen molar-refractivity contribution in [3.8, 4) is 6.01 Å². The maximum atomic E-state index is 5.53. The molecule has 0 atom stereocenters. The summed E-state index contributed by atoms with van der Waals surface area (Å²) in [7, 11) is 0. The third-order valence-corrected chi connectivity index (χ3v) is 2.87. The van der Waals surface area contributed by atoms with Gasteiger partial charge in [-0.15, -0.1) is 5.10 Å². The third kappa shape index (κ3) is 3.45. The third-order valence-electron chi connectivity index (χ3n) is 2.87. The van der Waals surface area contributed by atoms with E-state index in [0.717, 1.165) is 30.2 Å². The number of aromatic nitrogens is 4. The van der Waals surface area contributed by atoms with E-state index in [0.29, 0.717) is 12.6 Å². The molecule has 2 aromatic rings. The first-order valence-electron chi connectivity index (χ1n) is 7.07. The van der Waals surface area contributed by atoms with Crippen LogP contribution in [0.1, 0.15) is 52.0 Å². The van der Waals surface area contributed by atoms with E-state index in [1.165, 1.54) is 0 Å². The number of hydrogen-bond acceptors (Lipinski definition) is 5. The quantitative estimate of drug-likeness (QED) is 0.908. The highest BCUT2D eigenvalue weighted by molar-refractivity contribution is 5.12. The molecule has 110 valence electrons. The Balaban J connectivity index is 2.18. The van der Waals surface area contributed by atoms with Gasteiger partial charge in [-0.05, 0) is 20.8 Å². The summed E-state index contributed by atoms with van der Waals surface area (Å²) in [6, 6.07) is 0.486. The molecular formula is C14H23N5O. The molecule has 6 nitrogen and oxygen atoms in total. The van der Waals surface area contributed by atoms with E-state index in [2.05, 4.69) is 41.2 Å². The van der Waals surface area contributed by atoms with E-state index in [1.54, 1.807) is 10.9 Å². The van der Waals surface area contributed by atoms with Gasteiger partial charge >= 0.3 is 6.01 Å². The molecule has 1 N–H and O–H groups in total. The van der Waals surface area contributed by atoms with Crippen LogP contribution in [0, 0.1) is 0 Å². The molecule has 20 heavy (non-hydrogen) atoms. The fourth-order valence-electron chi connectivity index (χ4n) is 1.75. The Kier molecular flexibility index (Phi) is 4.23. The Hall–Kier alpha value is -1.69. The number of hydrogen-bond donors (Lipinski definition) is 1. The number of aryl methyl sites for hydroxylation is 2. The van der Waals surface area contributed by atoms with Gasteiger partial charge in [-0.1, -0.05) is 13.8 Å². The lowest BCUT2D eigenvalue weighted by molar-refractivity contribution is 0.420. The lowest BCUT2D eigenvalue weighted by Gasteiger charge is -2.19. The summed E-state index contributed by atoms with van der Waals surface area (Å²) in [4.78, 5) is 8.93. The summed E-state index contributed by atoms with van der Waals surface area (Å²) < 4.78 is 7.22. The molecule has 6 heteroatoms. The van der Waals surface area contributed by atoms with Gasteiger partial charge in [0.05, 0.1) is 5.69 Å². The molecule has 0 aliphatic rings. The predicted molar refractivity (Wildman–Crippen MR) is 76.8 cm³/mol. The SMILES string of the molecule is CCc1nc(CC)n(-c2nc(CNC(C)(C)C)co2)n1. The molecular weight excluding hydrogens is 254 g/mol. The highest BCUT2D eigenvalue weighted by atomic mass is 16.4. The monoisotopic (exact) mass is 277 g/mol. The fourth-order valence-corrected chi connectivity index (χ4v) is 1.75. The standard InChI is InChI=1S/C14H23N5O/c1-6-11-17-12(7-2)19(18-11)13-16-10(9-20-13)8-15-14(3,4)5/h9,15H,6-8H2,1-5H3. The van der Waals surface area contributed by atoms with Crippen molar-refractivity contribution in [2.24, 2.45) is 0 Å². The van der Waals surface area contributed by atoms with Gasteiger partial charge in [-0.2, -0.15) is 9.67 Å². The predicted octanol–water partition coefficient (Wildman–Crippen LogP) is 2.27. The maximum absolute atomic E-state index is 5.53. The normalized spacial score (nSPS) is 12.1. The molecule has 0 aliphatic carbocycles. The number of nitrogens with one attached hydrogen (secondary N) is 1. The second-order valence-corrected chi connectivity index (χ2v) is 5.79. The first-order valence-corrected chi connectivity index (χ1v) is 7.07. The van der Waals surface area contributed by atoms with E-state index in [-0.39, 0.29) is 5.54 Å². The average Bonchev–Trinajstić information content (AvgIpc) is 3.01. The van der Waals surface area contributed by atoms with Gasteiger partial charge in [0.2, 0.25) is 0 Å². The van der Waals surface area contributed by atoms with E-state index in [4.69, 9.17) is 4.42 Å². The molecule has 2 rings (SSSR count). The van der Waals surface area contributed by atoms with E-state index < -0.39 is 0 Å². The minimum Gasteiger partial charge on any atom is -0.430 e. The van der Waals surface area contributed by atoms with Crippen LogP contribution in [0.4, 0.5) is 0 Å². The van der Waals surface area contributed by atoms with Crippen LogP contribution in [0.25, 0.3) is 6.01 Å². The molecule has 0 saturated carbocycles. The van der Waals surface area contributed by atoms with Crippen molar-refractivity contribution < 1.29 is 4.42 Å². The molecule has 0 fully saturated rings. The summed E-state index contributed by atoms with van der Waals surface area (Å²) in [6.07, 6.45) is 3.27. The van der Waals surface area contributed by atoms with Crippen molar-refractivity contribution in [3.05, 3.63) is 23.6 Å². The summed E-state index contributed by atoms with van der Waals surface area (Å²) >= 11 is 0. The number of oxazole rings is 1. The highest BCUT2D eigenvalue weighted by Gasteiger charge is 2.15. The van der Waals surface area contributed by atoms with Crippen LogP contribution in [0.3, 0.4) is 0 Å². The summed E-state index contributed by atoms with van der Waals surface area (Å²) in [5, 5.41) is 7.80. The van der Waals surface area contributed by atoms with Crippen LogP contribution < -0.4 is 5.32 Å².